The second-order valence-corrected chi connectivity index (χ2v) is 6.10. The Bertz CT molecular complexity index is 630. The Hall–Kier alpha value is -1.55. The number of carboxylic acid groups (broad SMARTS) is 1. The molecular weight excluding hydrogens is 260 g/mol. The van der Waals surface area contributed by atoms with E-state index in [0.29, 0.717) is 5.75 Å². The summed E-state index contributed by atoms with van der Waals surface area (Å²) in [6, 6.07) is 5.92. The molecule has 0 bridgehead atoms. The number of benzene rings is 1. The Morgan fingerprint density at radius 1 is 1.37 bits per heavy atom. The lowest BCUT2D eigenvalue weighted by Gasteiger charge is -2.11. The van der Waals surface area contributed by atoms with Crippen LogP contribution in [0.1, 0.15) is 30.2 Å². The fraction of sp³-hybridized carbons (Fsp3) is 0.400. The quantitative estimate of drug-likeness (QED) is 0.931. The molecule has 1 aromatic heterocycles. The lowest BCUT2D eigenvalue weighted by molar-refractivity contribution is -0.144. The minimum absolute atomic E-state index is 0.640. The summed E-state index contributed by atoms with van der Waals surface area (Å²) in [6.07, 6.45) is 4.08. The summed E-state index contributed by atoms with van der Waals surface area (Å²) >= 11 is 1.82. The average Bonchev–Trinajstić information content (AvgIpc) is 2.76. The van der Waals surface area contributed by atoms with Crippen LogP contribution in [0, 0.1) is 0 Å². The number of aliphatic carboxylic acids is 1. The summed E-state index contributed by atoms with van der Waals surface area (Å²) in [7, 11) is 0. The van der Waals surface area contributed by atoms with Gasteiger partial charge in [-0.25, -0.2) is 4.79 Å². The van der Waals surface area contributed by atoms with Crippen molar-refractivity contribution < 1.29 is 14.6 Å². The van der Waals surface area contributed by atoms with Gasteiger partial charge in [0.2, 0.25) is 0 Å². The number of aryl methyl sites for hydroxylation is 2. The fourth-order valence-corrected chi connectivity index (χ4v) is 3.90. The molecular formula is C15H16O3S. The van der Waals surface area contributed by atoms with E-state index in [4.69, 9.17) is 9.84 Å². The Labute approximate surface area is 115 Å². The summed E-state index contributed by atoms with van der Waals surface area (Å²) in [5.74, 6) is -0.299. The van der Waals surface area contributed by atoms with Crippen LogP contribution in [-0.2, 0) is 17.6 Å². The molecule has 0 spiro atoms. The summed E-state index contributed by atoms with van der Waals surface area (Å²) in [4.78, 5) is 12.3. The van der Waals surface area contributed by atoms with Crippen molar-refractivity contribution >= 4 is 27.4 Å². The van der Waals surface area contributed by atoms with E-state index >= 15 is 0 Å². The first-order chi connectivity index (χ1) is 9.15. The van der Waals surface area contributed by atoms with Gasteiger partial charge in [-0.15, -0.1) is 11.3 Å². The molecule has 0 fully saturated rings. The molecule has 0 amide bonds. The smallest absolute Gasteiger partial charge is 0.344 e. The number of carboxylic acids is 1. The van der Waals surface area contributed by atoms with Gasteiger partial charge in [-0.3, -0.25) is 0 Å². The summed E-state index contributed by atoms with van der Waals surface area (Å²) < 4.78 is 6.63. The van der Waals surface area contributed by atoms with Crippen LogP contribution in [0.2, 0.25) is 0 Å². The lowest BCUT2D eigenvalue weighted by Crippen LogP contribution is -2.22. The molecule has 4 heteroatoms. The maximum atomic E-state index is 10.8. The Balaban J connectivity index is 1.95. The first kappa shape index (κ1) is 12.5. The molecule has 3 rings (SSSR count). The topological polar surface area (TPSA) is 46.5 Å². The number of hydrogen-bond acceptors (Lipinski definition) is 3. The number of ether oxygens (including phenoxy) is 1. The normalized spacial score (nSPS) is 16.1. The van der Waals surface area contributed by atoms with Gasteiger partial charge in [-0.1, -0.05) is 0 Å². The van der Waals surface area contributed by atoms with Crippen molar-refractivity contribution in [3.63, 3.8) is 0 Å². The molecule has 2 aromatic rings. The van der Waals surface area contributed by atoms with E-state index in [2.05, 4.69) is 6.07 Å². The summed E-state index contributed by atoms with van der Waals surface area (Å²) in [6.45, 7) is 1.55. The Morgan fingerprint density at radius 3 is 2.95 bits per heavy atom. The third kappa shape index (κ3) is 2.32. The van der Waals surface area contributed by atoms with Crippen LogP contribution in [0.15, 0.2) is 18.2 Å². The number of hydrogen-bond donors (Lipinski definition) is 1. The molecule has 1 aliphatic rings. The molecule has 3 nitrogen and oxygen atoms in total. The van der Waals surface area contributed by atoms with E-state index in [1.54, 1.807) is 6.92 Å². The zero-order valence-electron chi connectivity index (χ0n) is 10.8. The standard InChI is InChI=1S/C15H16O3S/c1-9(15(16)17)18-10-6-7-12-11-4-2-3-5-13(11)19-14(12)8-10/h6-9H,2-5H2,1H3,(H,16,17). The SMILES string of the molecule is CC(Oc1ccc2c3c(sc2c1)CCCC3)C(=O)O. The highest BCUT2D eigenvalue weighted by Crippen LogP contribution is 2.38. The van der Waals surface area contributed by atoms with Crippen LogP contribution in [0.25, 0.3) is 10.1 Å². The van der Waals surface area contributed by atoms with Crippen molar-refractivity contribution in [2.24, 2.45) is 0 Å². The largest absolute Gasteiger partial charge is 0.479 e. The number of fused-ring (bicyclic) bond motifs is 3. The molecule has 19 heavy (non-hydrogen) atoms. The van der Waals surface area contributed by atoms with E-state index in [0.717, 1.165) is 0 Å². The van der Waals surface area contributed by atoms with Crippen molar-refractivity contribution in [1.82, 2.24) is 0 Å². The number of rotatable bonds is 3. The van der Waals surface area contributed by atoms with Gasteiger partial charge < -0.3 is 9.84 Å². The van der Waals surface area contributed by atoms with Crippen LogP contribution in [-0.4, -0.2) is 17.2 Å². The first-order valence-electron chi connectivity index (χ1n) is 6.59. The van der Waals surface area contributed by atoms with Crippen LogP contribution in [0.3, 0.4) is 0 Å². The molecule has 100 valence electrons. The second-order valence-electron chi connectivity index (χ2n) is 4.97. The summed E-state index contributed by atoms with van der Waals surface area (Å²) in [5, 5.41) is 10.2. The van der Waals surface area contributed by atoms with Gasteiger partial charge in [0.15, 0.2) is 6.10 Å². The van der Waals surface area contributed by atoms with E-state index in [-0.39, 0.29) is 0 Å². The molecule has 0 aliphatic heterocycles. The van der Waals surface area contributed by atoms with Crippen LogP contribution in [0.5, 0.6) is 5.75 Å². The monoisotopic (exact) mass is 276 g/mol. The number of carbonyl (C=O) groups is 1. The van der Waals surface area contributed by atoms with Gasteiger partial charge in [0, 0.05) is 9.58 Å². The summed E-state index contributed by atoms with van der Waals surface area (Å²) in [5.41, 5.74) is 1.49. The zero-order valence-corrected chi connectivity index (χ0v) is 11.6. The molecule has 1 N–H and O–H groups in total. The van der Waals surface area contributed by atoms with E-state index in [9.17, 15) is 4.79 Å². The first-order valence-corrected chi connectivity index (χ1v) is 7.40. The minimum atomic E-state index is -0.939. The second kappa shape index (κ2) is 4.85. The van der Waals surface area contributed by atoms with Gasteiger partial charge in [0.25, 0.3) is 0 Å². The van der Waals surface area contributed by atoms with Crippen molar-refractivity contribution in [2.75, 3.05) is 0 Å². The Kier molecular flexibility index (Phi) is 3.19. The van der Waals surface area contributed by atoms with Gasteiger partial charge >= 0.3 is 5.97 Å². The molecule has 1 heterocycles. The number of thiophene rings is 1. The molecule has 0 saturated heterocycles. The molecule has 1 atom stereocenters. The molecule has 0 radical (unpaired) electrons. The van der Waals surface area contributed by atoms with E-state index in [1.807, 2.05) is 23.5 Å². The molecule has 1 unspecified atom stereocenters. The highest BCUT2D eigenvalue weighted by atomic mass is 32.1. The van der Waals surface area contributed by atoms with Gasteiger partial charge in [-0.05, 0) is 61.8 Å². The molecule has 1 aromatic carbocycles. The van der Waals surface area contributed by atoms with Crippen molar-refractivity contribution in [3.05, 3.63) is 28.6 Å². The highest BCUT2D eigenvalue weighted by molar-refractivity contribution is 7.19. The van der Waals surface area contributed by atoms with Crippen LogP contribution >= 0.6 is 11.3 Å². The van der Waals surface area contributed by atoms with Crippen molar-refractivity contribution in [1.29, 1.82) is 0 Å². The maximum absolute atomic E-state index is 10.8. The van der Waals surface area contributed by atoms with Crippen molar-refractivity contribution in [2.45, 2.75) is 38.7 Å². The lowest BCUT2D eigenvalue weighted by atomic mass is 9.96. The van der Waals surface area contributed by atoms with Gasteiger partial charge in [0.05, 0.1) is 0 Å². The fourth-order valence-electron chi connectivity index (χ4n) is 2.57. The average molecular weight is 276 g/mol. The molecule has 0 saturated carbocycles. The highest BCUT2D eigenvalue weighted by Gasteiger charge is 2.17. The zero-order chi connectivity index (χ0) is 13.4. The van der Waals surface area contributed by atoms with Gasteiger partial charge in [-0.2, -0.15) is 0 Å². The van der Waals surface area contributed by atoms with E-state index < -0.39 is 12.1 Å². The molecule has 1 aliphatic carbocycles. The Morgan fingerprint density at radius 2 is 2.16 bits per heavy atom. The van der Waals surface area contributed by atoms with Gasteiger partial charge in [0.1, 0.15) is 5.75 Å². The van der Waals surface area contributed by atoms with Crippen molar-refractivity contribution in [3.8, 4) is 5.75 Å². The maximum Gasteiger partial charge on any atom is 0.344 e. The third-order valence-electron chi connectivity index (χ3n) is 3.59. The predicted octanol–water partition coefficient (Wildman–Crippen LogP) is 3.63. The van der Waals surface area contributed by atoms with Crippen LogP contribution < -0.4 is 4.74 Å². The third-order valence-corrected chi connectivity index (χ3v) is 4.84. The predicted molar refractivity (Wildman–Crippen MR) is 76.2 cm³/mol. The van der Waals surface area contributed by atoms with E-state index in [1.165, 1.54) is 46.2 Å². The van der Waals surface area contributed by atoms with Crippen LogP contribution in [0.4, 0.5) is 0 Å². The minimum Gasteiger partial charge on any atom is -0.479 e.